The van der Waals surface area contributed by atoms with Crippen LogP contribution in [0, 0.1) is 0 Å². The molecule has 17 heavy (non-hydrogen) atoms. The van der Waals surface area contributed by atoms with E-state index in [0.29, 0.717) is 0 Å². The molecule has 0 aliphatic carbocycles. The third-order valence-electron chi connectivity index (χ3n) is 2.43. The van der Waals surface area contributed by atoms with Gasteiger partial charge in [-0.1, -0.05) is 0 Å². The first-order valence-electron chi connectivity index (χ1n) is 5.86. The van der Waals surface area contributed by atoms with Gasteiger partial charge in [0.05, 0.1) is 12.6 Å². The Morgan fingerprint density at radius 2 is 2.24 bits per heavy atom. The fourth-order valence-electron chi connectivity index (χ4n) is 1.65. The third-order valence-corrected chi connectivity index (χ3v) is 3.49. The third kappa shape index (κ3) is 4.95. The van der Waals surface area contributed by atoms with E-state index in [1.165, 1.54) is 4.90 Å². The van der Waals surface area contributed by atoms with Crippen LogP contribution < -0.4 is 10.6 Å². The summed E-state index contributed by atoms with van der Waals surface area (Å²) in [6.07, 6.45) is 0. The Balaban J connectivity index is 2.37. The van der Waals surface area contributed by atoms with Crippen molar-refractivity contribution in [2.24, 2.45) is 0 Å². The van der Waals surface area contributed by atoms with Crippen LogP contribution in [0.5, 0.6) is 0 Å². The zero-order valence-electron chi connectivity index (χ0n) is 10.7. The quantitative estimate of drug-likeness (QED) is 0.726. The van der Waals surface area contributed by atoms with Gasteiger partial charge in [0.25, 0.3) is 0 Å². The molecule has 0 aromatic rings. The summed E-state index contributed by atoms with van der Waals surface area (Å²) in [7, 11) is 1.67. The standard InChI is InChI=1S/C11H21N3O2S/c1-8(2)13-10(15)6-14(3)11(16)9-7-17-5-4-12-9/h8-9,12H,4-7H2,1-3H3,(H,13,15). The lowest BCUT2D eigenvalue weighted by Gasteiger charge is -2.27. The minimum atomic E-state index is -0.148. The van der Waals surface area contributed by atoms with E-state index in [1.807, 2.05) is 13.8 Å². The Kier molecular flexibility index (Phi) is 5.77. The van der Waals surface area contributed by atoms with Gasteiger partial charge in [-0.2, -0.15) is 11.8 Å². The molecule has 1 heterocycles. The van der Waals surface area contributed by atoms with Crippen molar-refractivity contribution in [3.63, 3.8) is 0 Å². The molecule has 98 valence electrons. The highest BCUT2D eigenvalue weighted by molar-refractivity contribution is 7.99. The number of hydrogen-bond acceptors (Lipinski definition) is 4. The lowest BCUT2D eigenvalue weighted by Crippen LogP contribution is -2.51. The van der Waals surface area contributed by atoms with E-state index in [0.717, 1.165) is 18.1 Å². The van der Waals surface area contributed by atoms with Crippen molar-refractivity contribution in [2.45, 2.75) is 25.9 Å². The van der Waals surface area contributed by atoms with Crippen LogP contribution in [0.4, 0.5) is 0 Å². The van der Waals surface area contributed by atoms with Crippen molar-refractivity contribution in [2.75, 3.05) is 31.6 Å². The van der Waals surface area contributed by atoms with Crippen LogP contribution in [0.15, 0.2) is 0 Å². The normalized spacial score (nSPS) is 20.1. The van der Waals surface area contributed by atoms with Gasteiger partial charge < -0.3 is 15.5 Å². The SMILES string of the molecule is CC(C)NC(=O)CN(C)C(=O)C1CSCCN1. The van der Waals surface area contributed by atoms with Crippen LogP contribution in [-0.4, -0.2) is 60.4 Å². The number of thioether (sulfide) groups is 1. The first kappa shape index (κ1) is 14.3. The summed E-state index contributed by atoms with van der Waals surface area (Å²) >= 11 is 1.77. The Morgan fingerprint density at radius 1 is 1.53 bits per heavy atom. The molecule has 1 fully saturated rings. The number of rotatable bonds is 4. The van der Waals surface area contributed by atoms with Crippen molar-refractivity contribution in [1.29, 1.82) is 0 Å². The molecule has 1 aliphatic rings. The Hall–Kier alpha value is -0.750. The first-order chi connectivity index (χ1) is 8.00. The summed E-state index contributed by atoms with van der Waals surface area (Å²) in [4.78, 5) is 25.0. The smallest absolute Gasteiger partial charge is 0.240 e. The number of likely N-dealkylation sites (N-methyl/N-ethyl adjacent to an activating group) is 1. The molecule has 5 nitrogen and oxygen atoms in total. The van der Waals surface area contributed by atoms with Gasteiger partial charge in [0, 0.05) is 31.1 Å². The number of carbonyl (C=O) groups excluding carboxylic acids is 2. The van der Waals surface area contributed by atoms with Crippen LogP contribution in [0.1, 0.15) is 13.8 Å². The maximum absolute atomic E-state index is 12.0. The molecular weight excluding hydrogens is 238 g/mol. The lowest BCUT2D eigenvalue weighted by molar-refractivity contribution is -0.136. The minimum Gasteiger partial charge on any atom is -0.352 e. The highest BCUT2D eigenvalue weighted by atomic mass is 32.2. The van der Waals surface area contributed by atoms with E-state index in [-0.39, 0.29) is 30.4 Å². The van der Waals surface area contributed by atoms with Gasteiger partial charge in [-0.05, 0) is 13.8 Å². The Labute approximate surface area is 107 Å². The second kappa shape index (κ2) is 6.86. The highest BCUT2D eigenvalue weighted by Crippen LogP contribution is 2.09. The molecule has 1 atom stereocenters. The number of carbonyl (C=O) groups is 2. The molecular formula is C11H21N3O2S. The first-order valence-corrected chi connectivity index (χ1v) is 7.01. The van der Waals surface area contributed by atoms with Crippen molar-refractivity contribution in [1.82, 2.24) is 15.5 Å². The molecule has 0 saturated carbocycles. The molecule has 1 saturated heterocycles. The fourth-order valence-corrected chi connectivity index (χ4v) is 2.58. The zero-order valence-corrected chi connectivity index (χ0v) is 11.5. The molecule has 0 aromatic carbocycles. The van der Waals surface area contributed by atoms with E-state index >= 15 is 0 Å². The predicted octanol–water partition coefficient (Wildman–Crippen LogP) is -0.326. The van der Waals surface area contributed by atoms with Crippen molar-refractivity contribution >= 4 is 23.6 Å². The van der Waals surface area contributed by atoms with Crippen molar-refractivity contribution < 1.29 is 9.59 Å². The molecule has 0 spiro atoms. The number of hydrogen-bond donors (Lipinski definition) is 2. The average molecular weight is 259 g/mol. The number of nitrogens with zero attached hydrogens (tertiary/aromatic N) is 1. The van der Waals surface area contributed by atoms with Crippen molar-refractivity contribution in [3.8, 4) is 0 Å². The minimum absolute atomic E-state index is 0.00361. The second-order valence-corrected chi connectivity index (χ2v) is 5.65. The lowest BCUT2D eigenvalue weighted by atomic mass is 10.2. The highest BCUT2D eigenvalue weighted by Gasteiger charge is 2.24. The van der Waals surface area contributed by atoms with E-state index in [4.69, 9.17) is 0 Å². The fraction of sp³-hybridized carbons (Fsp3) is 0.818. The van der Waals surface area contributed by atoms with Gasteiger partial charge in [0.1, 0.15) is 0 Å². The summed E-state index contributed by atoms with van der Waals surface area (Å²) in [5.74, 6) is 1.71. The molecule has 2 amide bonds. The Morgan fingerprint density at radius 3 is 2.76 bits per heavy atom. The average Bonchev–Trinajstić information content (AvgIpc) is 2.28. The largest absolute Gasteiger partial charge is 0.352 e. The van der Waals surface area contributed by atoms with E-state index < -0.39 is 0 Å². The van der Waals surface area contributed by atoms with Crippen LogP contribution in [-0.2, 0) is 9.59 Å². The van der Waals surface area contributed by atoms with E-state index in [9.17, 15) is 9.59 Å². The zero-order chi connectivity index (χ0) is 12.8. The van der Waals surface area contributed by atoms with Gasteiger partial charge in [-0.25, -0.2) is 0 Å². The van der Waals surface area contributed by atoms with Crippen LogP contribution >= 0.6 is 11.8 Å². The van der Waals surface area contributed by atoms with Crippen LogP contribution in [0.25, 0.3) is 0 Å². The van der Waals surface area contributed by atoms with E-state index in [1.54, 1.807) is 18.8 Å². The molecule has 0 bridgehead atoms. The van der Waals surface area contributed by atoms with Gasteiger partial charge in [0.2, 0.25) is 11.8 Å². The number of amides is 2. The second-order valence-electron chi connectivity index (χ2n) is 4.50. The summed E-state index contributed by atoms with van der Waals surface area (Å²) in [6, 6.07) is -0.0417. The molecule has 1 rings (SSSR count). The molecule has 0 radical (unpaired) electrons. The van der Waals surface area contributed by atoms with Crippen LogP contribution in [0.2, 0.25) is 0 Å². The summed E-state index contributed by atoms with van der Waals surface area (Å²) in [5, 5.41) is 5.94. The maximum atomic E-state index is 12.0. The summed E-state index contributed by atoms with van der Waals surface area (Å²) in [5.41, 5.74) is 0. The summed E-state index contributed by atoms with van der Waals surface area (Å²) < 4.78 is 0. The summed E-state index contributed by atoms with van der Waals surface area (Å²) in [6.45, 7) is 4.78. The molecule has 1 aliphatic heterocycles. The molecule has 0 aromatic heterocycles. The topological polar surface area (TPSA) is 61.4 Å². The maximum Gasteiger partial charge on any atom is 0.240 e. The number of nitrogens with one attached hydrogen (secondary N) is 2. The Bertz CT molecular complexity index is 278. The van der Waals surface area contributed by atoms with Gasteiger partial charge in [-0.15, -0.1) is 0 Å². The molecule has 6 heteroatoms. The van der Waals surface area contributed by atoms with Gasteiger partial charge in [0.15, 0.2) is 0 Å². The van der Waals surface area contributed by atoms with Gasteiger partial charge >= 0.3 is 0 Å². The monoisotopic (exact) mass is 259 g/mol. The van der Waals surface area contributed by atoms with Crippen molar-refractivity contribution in [3.05, 3.63) is 0 Å². The predicted molar refractivity (Wildman–Crippen MR) is 70.0 cm³/mol. The van der Waals surface area contributed by atoms with Gasteiger partial charge in [-0.3, -0.25) is 9.59 Å². The molecule has 1 unspecified atom stereocenters. The van der Waals surface area contributed by atoms with E-state index in [2.05, 4.69) is 10.6 Å². The van der Waals surface area contributed by atoms with Crippen LogP contribution in [0.3, 0.4) is 0 Å². The molecule has 2 N–H and O–H groups in total.